The zero-order chi connectivity index (χ0) is 23.0. The normalized spacial score (nSPS) is 13.9. The lowest BCUT2D eigenvalue weighted by Gasteiger charge is -2.19. The number of carbonyl (C=O) groups excluding carboxylic acids is 1. The Morgan fingerprint density at radius 3 is 2.50 bits per heavy atom. The second-order valence-corrected chi connectivity index (χ2v) is 8.06. The first kappa shape index (κ1) is 21.3. The van der Waals surface area contributed by atoms with Crippen LogP contribution in [0.4, 0.5) is 5.82 Å². The van der Waals surface area contributed by atoms with Crippen molar-refractivity contribution in [2.75, 3.05) is 5.32 Å². The van der Waals surface area contributed by atoms with Gasteiger partial charge in [-0.1, -0.05) is 31.0 Å². The van der Waals surface area contributed by atoms with E-state index >= 15 is 0 Å². The van der Waals surface area contributed by atoms with Crippen LogP contribution in [0, 0.1) is 25.2 Å². The van der Waals surface area contributed by atoms with Crippen molar-refractivity contribution in [1.82, 2.24) is 14.3 Å². The van der Waals surface area contributed by atoms with Gasteiger partial charge in [0.15, 0.2) is 5.69 Å². The number of carboxylic acid groups (broad SMARTS) is 1. The maximum Gasteiger partial charge on any atom is 0.357 e. The number of nitrogens with zero attached hydrogens (tertiary/aromatic N) is 4. The number of aromatic carboxylic acids is 1. The van der Waals surface area contributed by atoms with E-state index in [0.29, 0.717) is 11.4 Å². The average molecular weight is 433 g/mol. The molecule has 164 valence electrons. The van der Waals surface area contributed by atoms with Crippen molar-refractivity contribution in [3.8, 4) is 6.07 Å². The third-order valence-electron chi connectivity index (χ3n) is 6.18. The van der Waals surface area contributed by atoms with E-state index in [2.05, 4.69) is 16.5 Å². The second-order valence-electron chi connectivity index (χ2n) is 8.06. The number of amides is 1. The lowest BCUT2D eigenvalue weighted by Crippen LogP contribution is -2.32. The molecule has 0 saturated heterocycles. The van der Waals surface area contributed by atoms with Crippen LogP contribution in [0.2, 0.25) is 0 Å². The van der Waals surface area contributed by atoms with E-state index in [1.165, 1.54) is 12.1 Å². The Morgan fingerprint density at radius 1 is 1.22 bits per heavy atom. The van der Waals surface area contributed by atoms with Crippen LogP contribution in [0.25, 0.3) is 10.8 Å². The van der Waals surface area contributed by atoms with Crippen molar-refractivity contribution in [1.29, 1.82) is 5.26 Å². The van der Waals surface area contributed by atoms with E-state index in [1.807, 2.05) is 18.4 Å². The second kappa shape index (κ2) is 8.30. The average Bonchev–Trinajstić information content (AvgIpc) is 3.37. The molecule has 0 unspecified atom stereocenters. The van der Waals surface area contributed by atoms with Crippen LogP contribution in [0.1, 0.15) is 59.0 Å². The van der Waals surface area contributed by atoms with Gasteiger partial charge in [-0.05, 0) is 38.3 Å². The van der Waals surface area contributed by atoms with Gasteiger partial charge < -0.3 is 15.0 Å². The van der Waals surface area contributed by atoms with Crippen LogP contribution < -0.4 is 10.9 Å². The number of benzene rings is 1. The van der Waals surface area contributed by atoms with Crippen LogP contribution >= 0.6 is 0 Å². The van der Waals surface area contributed by atoms with Crippen LogP contribution in [-0.2, 0) is 11.3 Å². The van der Waals surface area contributed by atoms with Gasteiger partial charge in [0.2, 0.25) is 5.91 Å². The Bertz CT molecular complexity index is 1340. The van der Waals surface area contributed by atoms with E-state index in [1.54, 1.807) is 12.1 Å². The van der Waals surface area contributed by atoms with Gasteiger partial charge in [0.05, 0.1) is 10.9 Å². The van der Waals surface area contributed by atoms with Gasteiger partial charge in [-0.25, -0.2) is 9.48 Å². The minimum absolute atomic E-state index is 0.173. The molecule has 2 aromatic heterocycles. The highest BCUT2D eigenvalue weighted by atomic mass is 16.4. The fraction of sp³-hybridized carbons (Fsp3) is 0.348. The van der Waals surface area contributed by atoms with Crippen molar-refractivity contribution >= 4 is 28.5 Å². The van der Waals surface area contributed by atoms with Gasteiger partial charge in [0.1, 0.15) is 18.4 Å². The smallest absolute Gasteiger partial charge is 0.357 e. The van der Waals surface area contributed by atoms with Gasteiger partial charge in [0.25, 0.3) is 5.56 Å². The minimum Gasteiger partial charge on any atom is -0.476 e. The predicted octanol–water partition coefficient (Wildman–Crippen LogP) is 3.14. The quantitative estimate of drug-likeness (QED) is 0.636. The highest BCUT2D eigenvalue weighted by molar-refractivity contribution is 6.01. The number of aromatic nitrogens is 3. The Kier molecular flexibility index (Phi) is 5.53. The molecule has 32 heavy (non-hydrogen) atoms. The fourth-order valence-corrected chi connectivity index (χ4v) is 4.51. The first-order valence-electron chi connectivity index (χ1n) is 10.5. The minimum atomic E-state index is -1.29. The summed E-state index contributed by atoms with van der Waals surface area (Å²) in [5, 5.41) is 26.3. The molecule has 1 aliphatic carbocycles. The number of nitrogens with one attached hydrogen (secondary N) is 1. The molecule has 9 nitrogen and oxygen atoms in total. The zero-order valence-corrected chi connectivity index (χ0v) is 17.9. The molecule has 0 bridgehead atoms. The van der Waals surface area contributed by atoms with Crippen molar-refractivity contribution in [2.45, 2.75) is 52.1 Å². The molecule has 1 aromatic carbocycles. The predicted molar refractivity (Wildman–Crippen MR) is 118 cm³/mol. The number of carbonyl (C=O) groups is 2. The van der Waals surface area contributed by atoms with Crippen molar-refractivity contribution < 1.29 is 14.7 Å². The summed E-state index contributed by atoms with van der Waals surface area (Å²) >= 11 is 0. The van der Waals surface area contributed by atoms with Crippen LogP contribution in [0.15, 0.2) is 29.1 Å². The lowest BCUT2D eigenvalue weighted by molar-refractivity contribution is -0.117. The summed E-state index contributed by atoms with van der Waals surface area (Å²) in [6, 6.07) is 8.64. The monoisotopic (exact) mass is 433 g/mol. The largest absolute Gasteiger partial charge is 0.476 e. The molecule has 1 saturated carbocycles. The van der Waals surface area contributed by atoms with Crippen molar-refractivity contribution in [3.63, 3.8) is 0 Å². The van der Waals surface area contributed by atoms with Gasteiger partial charge in [-0.2, -0.15) is 10.4 Å². The summed E-state index contributed by atoms with van der Waals surface area (Å²) in [6.07, 6.45) is 4.11. The standard InChI is InChI=1S/C23H23N5O4/c1-13-14(2)28(15-7-3-4-8-15)21(18(13)11-24)25-19(29)12-27-22(30)17-10-6-5-9-16(17)20(26-27)23(31)32/h5-6,9-10,15H,3-4,7-8,12H2,1-2H3,(H,25,29)(H,31,32). The molecule has 0 radical (unpaired) electrons. The Balaban J connectivity index is 1.71. The summed E-state index contributed by atoms with van der Waals surface area (Å²) in [5.74, 6) is -1.42. The topological polar surface area (TPSA) is 130 Å². The van der Waals surface area contributed by atoms with Crippen LogP contribution in [0.5, 0.6) is 0 Å². The maximum atomic E-state index is 12.9. The molecular formula is C23H23N5O4. The number of hydrogen-bond donors (Lipinski definition) is 2. The van der Waals surface area contributed by atoms with Gasteiger partial charge >= 0.3 is 5.97 Å². The summed E-state index contributed by atoms with van der Waals surface area (Å²) in [6.45, 7) is 3.31. The molecular weight excluding hydrogens is 410 g/mol. The SMILES string of the molecule is Cc1c(C#N)c(NC(=O)Cn2nc(C(=O)O)c3ccccc3c2=O)n(C2CCCC2)c1C. The molecule has 1 amide bonds. The van der Waals surface area contributed by atoms with Crippen LogP contribution in [0.3, 0.4) is 0 Å². The number of nitriles is 1. The van der Waals surface area contributed by atoms with E-state index < -0.39 is 24.0 Å². The summed E-state index contributed by atoms with van der Waals surface area (Å²) in [7, 11) is 0. The molecule has 3 aromatic rings. The number of hydrogen-bond acceptors (Lipinski definition) is 5. The zero-order valence-electron chi connectivity index (χ0n) is 17.9. The number of carboxylic acids is 1. The molecule has 4 rings (SSSR count). The van der Waals surface area contributed by atoms with E-state index in [-0.39, 0.29) is 22.5 Å². The van der Waals surface area contributed by atoms with Crippen molar-refractivity contribution in [3.05, 3.63) is 57.1 Å². The van der Waals surface area contributed by atoms with E-state index in [9.17, 15) is 24.8 Å². The molecule has 2 heterocycles. The summed E-state index contributed by atoms with van der Waals surface area (Å²) in [4.78, 5) is 37.4. The van der Waals surface area contributed by atoms with E-state index in [0.717, 1.165) is 41.6 Å². The molecule has 1 aliphatic rings. The molecule has 0 aliphatic heterocycles. The van der Waals surface area contributed by atoms with Crippen molar-refractivity contribution in [2.24, 2.45) is 0 Å². The summed E-state index contributed by atoms with van der Waals surface area (Å²) in [5.41, 5.74) is 1.28. The first-order chi connectivity index (χ1) is 15.3. The van der Waals surface area contributed by atoms with Crippen LogP contribution in [-0.4, -0.2) is 31.3 Å². The first-order valence-corrected chi connectivity index (χ1v) is 10.5. The van der Waals surface area contributed by atoms with Gasteiger partial charge in [-0.3, -0.25) is 9.59 Å². The fourth-order valence-electron chi connectivity index (χ4n) is 4.51. The maximum absolute atomic E-state index is 12.9. The van der Waals surface area contributed by atoms with Gasteiger partial charge in [0, 0.05) is 17.1 Å². The Labute approximate surface area is 183 Å². The Hall–Kier alpha value is -3.93. The number of fused-ring (bicyclic) bond motifs is 1. The van der Waals surface area contributed by atoms with Gasteiger partial charge in [-0.15, -0.1) is 0 Å². The molecule has 2 N–H and O–H groups in total. The highest BCUT2D eigenvalue weighted by Crippen LogP contribution is 2.37. The van der Waals surface area contributed by atoms with E-state index in [4.69, 9.17) is 0 Å². The molecule has 1 fully saturated rings. The third kappa shape index (κ3) is 3.54. The lowest BCUT2D eigenvalue weighted by atomic mass is 10.1. The number of rotatable bonds is 5. The Morgan fingerprint density at radius 2 is 1.88 bits per heavy atom. The third-order valence-corrected chi connectivity index (χ3v) is 6.18. The summed E-state index contributed by atoms with van der Waals surface area (Å²) < 4.78 is 2.87. The molecule has 0 atom stereocenters. The number of anilines is 1. The highest BCUT2D eigenvalue weighted by Gasteiger charge is 2.27. The molecule has 0 spiro atoms. The molecule has 9 heteroatoms.